The Morgan fingerprint density at radius 3 is 2.82 bits per heavy atom. The number of hydrogen-bond donors (Lipinski definition) is 0. The molecule has 2 heteroatoms. The van der Waals surface area contributed by atoms with Crippen LogP contribution >= 0.6 is 0 Å². The fraction of sp³-hybridized carbons (Fsp3) is 0.400. The van der Waals surface area contributed by atoms with E-state index in [-0.39, 0.29) is 0 Å². The normalized spacial score (nSPS) is 21.4. The van der Waals surface area contributed by atoms with Gasteiger partial charge in [0.2, 0.25) is 0 Å². The third-order valence-electron chi connectivity index (χ3n) is 3.35. The van der Waals surface area contributed by atoms with Gasteiger partial charge in [-0.25, -0.2) is 0 Å². The lowest BCUT2D eigenvalue weighted by atomic mass is 9.97. The molecule has 1 aromatic carbocycles. The molecule has 0 heterocycles. The summed E-state index contributed by atoms with van der Waals surface area (Å²) in [4.78, 5) is 0. The molecule has 2 nitrogen and oxygen atoms in total. The molecule has 17 heavy (non-hydrogen) atoms. The Labute approximate surface area is 103 Å². The number of ether oxygens (including phenoxy) is 1. The molecule has 1 aliphatic rings. The summed E-state index contributed by atoms with van der Waals surface area (Å²) in [5, 5.41) is 8.79. The molecular formula is C15H17NO. The van der Waals surface area contributed by atoms with Gasteiger partial charge in [-0.1, -0.05) is 23.8 Å². The van der Waals surface area contributed by atoms with Crippen LogP contribution in [0.2, 0.25) is 0 Å². The molecule has 1 aromatic rings. The predicted octanol–water partition coefficient (Wildman–Crippen LogP) is 3.79. The highest BCUT2D eigenvalue weighted by Gasteiger charge is 2.20. The standard InChI is InChI=1S/C15H17NO/c1-17-15-7-5-12(6-8-15)11-14-4-2-3-13(14)9-10-16/h5-8,11,13H,2-4,9H2,1H3/b14-11-/t13-/m1/s1. The molecule has 1 saturated carbocycles. The predicted molar refractivity (Wildman–Crippen MR) is 68.5 cm³/mol. The van der Waals surface area contributed by atoms with Crippen LogP contribution < -0.4 is 4.74 Å². The lowest BCUT2D eigenvalue weighted by Gasteiger charge is -2.07. The summed E-state index contributed by atoms with van der Waals surface area (Å²) in [6.45, 7) is 0. The Kier molecular flexibility index (Phi) is 3.82. The molecule has 0 spiro atoms. The second kappa shape index (κ2) is 5.54. The minimum Gasteiger partial charge on any atom is -0.497 e. The second-order valence-corrected chi connectivity index (χ2v) is 4.44. The first kappa shape index (κ1) is 11.7. The van der Waals surface area contributed by atoms with Crippen LogP contribution in [-0.4, -0.2) is 7.11 Å². The van der Waals surface area contributed by atoms with Crippen LogP contribution in [0.25, 0.3) is 6.08 Å². The summed E-state index contributed by atoms with van der Waals surface area (Å²) in [5.74, 6) is 1.36. The van der Waals surface area contributed by atoms with Crippen LogP contribution in [0.3, 0.4) is 0 Å². The SMILES string of the molecule is COc1ccc(/C=C2/CCC[C@@H]2CC#N)cc1. The Bertz CT molecular complexity index is 439. The molecule has 2 rings (SSSR count). The third-order valence-corrected chi connectivity index (χ3v) is 3.35. The van der Waals surface area contributed by atoms with E-state index in [1.54, 1.807) is 7.11 Å². The van der Waals surface area contributed by atoms with Crippen LogP contribution in [0.5, 0.6) is 5.75 Å². The molecule has 1 aliphatic carbocycles. The van der Waals surface area contributed by atoms with Crippen LogP contribution in [0.1, 0.15) is 31.2 Å². The molecule has 0 bridgehead atoms. The zero-order chi connectivity index (χ0) is 12.1. The molecular weight excluding hydrogens is 210 g/mol. The smallest absolute Gasteiger partial charge is 0.118 e. The molecule has 1 atom stereocenters. The van der Waals surface area contributed by atoms with Crippen LogP contribution in [0.15, 0.2) is 29.8 Å². The van der Waals surface area contributed by atoms with Crippen molar-refractivity contribution in [1.82, 2.24) is 0 Å². The summed E-state index contributed by atoms with van der Waals surface area (Å²) < 4.78 is 5.14. The number of allylic oxidation sites excluding steroid dienone is 1. The summed E-state index contributed by atoms with van der Waals surface area (Å²) in [6, 6.07) is 10.4. The van der Waals surface area contributed by atoms with E-state index in [1.807, 2.05) is 12.1 Å². The minimum absolute atomic E-state index is 0.474. The van der Waals surface area contributed by atoms with E-state index in [0.29, 0.717) is 12.3 Å². The monoisotopic (exact) mass is 227 g/mol. The van der Waals surface area contributed by atoms with Gasteiger partial charge in [0.15, 0.2) is 0 Å². The van der Waals surface area contributed by atoms with Crippen LogP contribution in [0, 0.1) is 17.2 Å². The van der Waals surface area contributed by atoms with Gasteiger partial charge >= 0.3 is 0 Å². The molecule has 0 aromatic heterocycles. The van der Waals surface area contributed by atoms with E-state index < -0.39 is 0 Å². The quantitative estimate of drug-likeness (QED) is 0.787. The van der Waals surface area contributed by atoms with E-state index in [0.717, 1.165) is 18.6 Å². The van der Waals surface area contributed by atoms with Crippen molar-refractivity contribution in [2.45, 2.75) is 25.7 Å². The molecule has 0 unspecified atom stereocenters. The van der Waals surface area contributed by atoms with Gasteiger partial charge in [0.25, 0.3) is 0 Å². The highest BCUT2D eigenvalue weighted by Crippen LogP contribution is 2.34. The van der Waals surface area contributed by atoms with Crippen LogP contribution in [-0.2, 0) is 0 Å². The summed E-state index contributed by atoms with van der Waals surface area (Å²) in [7, 11) is 1.67. The van der Waals surface area contributed by atoms with Crippen molar-refractivity contribution in [1.29, 1.82) is 5.26 Å². The first-order chi connectivity index (χ1) is 8.33. The number of rotatable bonds is 3. The van der Waals surface area contributed by atoms with Crippen molar-refractivity contribution in [3.05, 3.63) is 35.4 Å². The van der Waals surface area contributed by atoms with Gasteiger partial charge in [-0.15, -0.1) is 0 Å². The van der Waals surface area contributed by atoms with Crippen molar-refractivity contribution < 1.29 is 4.74 Å². The lowest BCUT2D eigenvalue weighted by Crippen LogP contribution is -1.94. The lowest BCUT2D eigenvalue weighted by molar-refractivity contribution is 0.415. The fourth-order valence-electron chi connectivity index (χ4n) is 2.39. The maximum atomic E-state index is 8.79. The molecule has 88 valence electrons. The average molecular weight is 227 g/mol. The zero-order valence-electron chi connectivity index (χ0n) is 10.1. The van der Waals surface area contributed by atoms with Crippen molar-refractivity contribution in [2.75, 3.05) is 7.11 Å². The highest BCUT2D eigenvalue weighted by atomic mass is 16.5. The average Bonchev–Trinajstić information content (AvgIpc) is 2.78. The molecule has 0 aliphatic heterocycles. The number of hydrogen-bond acceptors (Lipinski definition) is 2. The van der Waals surface area contributed by atoms with Gasteiger partial charge in [0.1, 0.15) is 5.75 Å². The van der Waals surface area contributed by atoms with E-state index in [9.17, 15) is 0 Å². The topological polar surface area (TPSA) is 33.0 Å². The Morgan fingerprint density at radius 1 is 1.41 bits per heavy atom. The van der Waals surface area contributed by atoms with E-state index in [1.165, 1.54) is 17.6 Å². The second-order valence-electron chi connectivity index (χ2n) is 4.44. The van der Waals surface area contributed by atoms with Gasteiger partial charge in [0, 0.05) is 6.42 Å². The van der Waals surface area contributed by atoms with Crippen molar-refractivity contribution in [3.8, 4) is 11.8 Å². The maximum absolute atomic E-state index is 8.79. The molecule has 0 N–H and O–H groups in total. The van der Waals surface area contributed by atoms with Gasteiger partial charge in [-0.3, -0.25) is 0 Å². The Hall–Kier alpha value is -1.75. The van der Waals surface area contributed by atoms with Gasteiger partial charge in [-0.2, -0.15) is 5.26 Å². The highest BCUT2D eigenvalue weighted by molar-refractivity contribution is 5.55. The first-order valence-electron chi connectivity index (χ1n) is 6.05. The fourth-order valence-corrected chi connectivity index (χ4v) is 2.39. The van der Waals surface area contributed by atoms with Crippen molar-refractivity contribution in [2.24, 2.45) is 5.92 Å². The summed E-state index contributed by atoms with van der Waals surface area (Å²) in [5.41, 5.74) is 2.63. The Morgan fingerprint density at radius 2 is 2.18 bits per heavy atom. The van der Waals surface area contributed by atoms with Gasteiger partial charge in [-0.05, 0) is 42.9 Å². The van der Waals surface area contributed by atoms with E-state index >= 15 is 0 Å². The van der Waals surface area contributed by atoms with Gasteiger partial charge in [0.05, 0.1) is 13.2 Å². The molecule has 0 radical (unpaired) electrons. The maximum Gasteiger partial charge on any atom is 0.118 e. The van der Waals surface area contributed by atoms with Gasteiger partial charge < -0.3 is 4.74 Å². The summed E-state index contributed by atoms with van der Waals surface area (Å²) >= 11 is 0. The number of nitriles is 1. The Balaban J connectivity index is 2.14. The number of benzene rings is 1. The largest absolute Gasteiger partial charge is 0.497 e. The van der Waals surface area contributed by atoms with Crippen molar-refractivity contribution >= 4 is 6.08 Å². The summed E-state index contributed by atoms with van der Waals surface area (Å²) in [6.07, 6.45) is 6.40. The minimum atomic E-state index is 0.474. The van der Waals surface area contributed by atoms with Crippen molar-refractivity contribution in [3.63, 3.8) is 0 Å². The van der Waals surface area contributed by atoms with E-state index in [4.69, 9.17) is 10.00 Å². The molecule has 1 fully saturated rings. The third kappa shape index (κ3) is 2.88. The molecule has 0 amide bonds. The first-order valence-corrected chi connectivity index (χ1v) is 6.05. The number of nitrogens with zero attached hydrogens (tertiary/aromatic N) is 1. The molecule has 0 saturated heterocycles. The zero-order valence-corrected chi connectivity index (χ0v) is 10.1. The van der Waals surface area contributed by atoms with Crippen LogP contribution in [0.4, 0.5) is 0 Å². The van der Waals surface area contributed by atoms with E-state index in [2.05, 4.69) is 24.3 Å². The number of methoxy groups -OCH3 is 1.